The Hall–Kier alpha value is -2.73. The number of nitrogens with one attached hydrogen (secondary N) is 1. The molecule has 3 aromatic rings. The van der Waals surface area contributed by atoms with Gasteiger partial charge in [-0.2, -0.15) is 5.10 Å². The van der Waals surface area contributed by atoms with Crippen LogP contribution in [0.25, 0.3) is 22.2 Å². The topological polar surface area (TPSA) is 63.1 Å². The number of rotatable bonds is 6. The summed E-state index contributed by atoms with van der Waals surface area (Å²) in [6.07, 6.45) is 1.78. The molecule has 1 aromatic carbocycles. The third-order valence-corrected chi connectivity index (χ3v) is 4.31. The summed E-state index contributed by atoms with van der Waals surface area (Å²) < 4.78 is 1.69. The molecule has 0 aliphatic rings. The molecular formula is C20H25N5O. The summed E-state index contributed by atoms with van der Waals surface area (Å²) >= 11 is 0. The van der Waals surface area contributed by atoms with E-state index in [1.807, 2.05) is 32.0 Å². The molecule has 3 rings (SSSR count). The number of carbonyl (C=O) groups is 1. The molecule has 0 bridgehead atoms. The van der Waals surface area contributed by atoms with E-state index in [1.54, 1.807) is 10.9 Å². The van der Waals surface area contributed by atoms with Gasteiger partial charge in [0.1, 0.15) is 6.54 Å². The van der Waals surface area contributed by atoms with E-state index in [0.29, 0.717) is 6.54 Å². The molecule has 0 atom stereocenters. The zero-order valence-corrected chi connectivity index (χ0v) is 15.8. The Morgan fingerprint density at radius 1 is 1.23 bits per heavy atom. The first-order chi connectivity index (χ1) is 12.5. The van der Waals surface area contributed by atoms with Crippen molar-refractivity contribution in [1.82, 2.24) is 25.0 Å². The van der Waals surface area contributed by atoms with Crippen LogP contribution in [0.5, 0.6) is 0 Å². The Bertz CT molecular complexity index is 929. The van der Waals surface area contributed by atoms with Crippen LogP contribution in [0, 0.1) is 13.8 Å². The van der Waals surface area contributed by atoms with E-state index in [9.17, 15) is 4.79 Å². The summed E-state index contributed by atoms with van der Waals surface area (Å²) in [5.41, 5.74) is 5.05. The molecule has 2 heterocycles. The Kier molecular flexibility index (Phi) is 5.32. The SMILES string of the molecule is Cc1cccc(-c2ccnc3c2c(C)nn3CC(=O)NCCN(C)C)c1. The fourth-order valence-corrected chi connectivity index (χ4v) is 3.06. The highest BCUT2D eigenvalue weighted by Crippen LogP contribution is 2.30. The van der Waals surface area contributed by atoms with Gasteiger partial charge in [-0.25, -0.2) is 9.67 Å². The normalized spacial score (nSPS) is 11.3. The lowest BCUT2D eigenvalue weighted by Crippen LogP contribution is -2.33. The van der Waals surface area contributed by atoms with E-state index >= 15 is 0 Å². The van der Waals surface area contributed by atoms with E-state index in [1.165, 1.54) is 5.56 Å². The van der Waals surface area contributed by atoms with Crippen LogP contribution in [0.2, 0.25) is 0 Å². The fraction of sp³-hybridized carbons (Fsp3) is 0.350. The van der Waals surface area contributed by atoms with Crippen molar-refractivity contribution in [2.45, 2.75) is 20.4 Å². The van der Waals surface area contributed by atoms with E-state index in [0.717, 1.165) is 34.4 Å². The molecular weight excluding hydrogens is 326 g/mol. The number of benzene rings is 1. The van der Waals surface area contributed by atoms with Crippen LogP contribution in [0.4, 0.5) is 0 Å². The highest BCUT2D eigenvalue weighted by Gasteiger charge is 2.15. The summed E-state index contributed by atoms with van der Waals surface area (Å²) in [6, 6.07) is 10.4. The summed E-state index contributed by atoms with van der Waals surface area (Å²) in [6.45, 7) is 5.63. The Morgan fingerprint density at radius 2 is 2.04 bits per heavy atom. The van der Waals surface area contributed by atoms with Crippen LogP contribution in [0.15, 0.2) is 36.5 Å². The molecule has 6 heteroatoms. The maximum atomic E-state index is 12.2. The van der Waals surface area contributed by atoms with Crippen molar-refractivity contribution in [1.29, 1.82) is 0 Å². The van der Waals surface area contributed by atoms with Gasteiger partial charge in [0.05, 0.1) is 5.69 Å². The van der Waals surface area contributed by atoms with Crippen molar-refractivity contribution >= 4 is 16.9 Å². The molecule has 1 amide bonds. The number of aromatic nitrogens is 3. The number of fused-ring (bicyclic) bond motifs is 1. The van der Waals surface area contributed by atoms with E-state index < -0.39 is 0 Å². The molecule has 0 aliphatic carbocycles. The third-order valence-electron chi connectivity index (χ3n) is 4.31. The number of hydrogen-bond acceptors (Lipinski definition) is 4. The zero-order valence-electron chi connectivity index (χ0n) is 15.8. The molecule has 0 aliphatic heterocycles. The number of aryl methyl sites for hydroxylation is 2. The Balaban J connectivity index is 1.90. The van der Waals surface area contributed by atoms with Crippen molar-refractivity contribution in [3.05, 3.63) is 47.8 Å². The second-order valence-corrected chi connectivity index (χ2v) is 6.82. The fourth-order valence-electron chi connectivity index (χ4n) is 3.06. The minimum Gasteiger partial charge on any atom is -0.353 e. The molecule has 6 nitrogen and oxygen atoms in total. The molecule has 1 N–H and O–H groups in total. The van der Waals surface area contributed by atoms with Gasteiger partial charge in [0, 0.05) is 24.7 Å². The second-order valence-electron chi connectivity index (χ2n) is 6.82. The first-order valence-corrected chi connectivity index (χ1v) is 8.76. The predicted octanol–water partition coefficient (Wildman–Crippen LogP) is 2.39. The summed E-state index contributed by atoms with van der Waals surface area (Å²) in [5.74, 6) is -0.0565. The molecule has 2 aromatic heterocycles. The number of likely N-dealkylation sites (N-methyl/N-ethyl adjacent to an activating group) is 1. The zero-order chi connectivity index (χ0) is 18.7. The summed E-state index contributed by atoms with van der Waals surface area (Å²) in [7, 11) is 3.96. The van der Waals surface area contributed by atoms with Crippen molar-refractivity contribution in [2.75, 3.05) is 27.2 Å². The minimum absolute atomic E-state index is 0.0565. The monoisotopic (exact) mass is 351 g/mol. The highest BCUT2D eigenvalue weighted by molar-refractivity contribution is 5.95. The van der Waals surface area contributed by atoms with Crippen LogP contribution >= 0.6 is 0 Å². The second kappa shape index (κ2) is 7.66. The number of nitrogens with zero attached hydrogens (tertiary/aromatic N) is 4. The van der Waals surface area contributed by atoms with Crippen LogP contribution in [0.3, 0.4) is 0 Å². The van der Waals surface area contributed by atoms with E-state index in [2.05, 4.69) is 46.6 Å². The van der Waals surface area contributed by atoms with Gasteiger partial charge in [-0.15, -0.1) is 0 Å². The highest BCUT2D eigenvalue weighted by atomic mass is 16.2. The smallest absolute Gasteiger partial charge is 0.241 e. The van der Waals surface area contributed by atoms with Gasteiger partial charge in [0.2, 0.25) is 5.91 Å². The molecule has 0 unspecified atom stereocenters. The van der Waals surface area contributed by atoms with E-state index in [4.69, 9.17) is 0 Å². The number of carbonyl (C=O) groups excluding carboxylic acids is 1. The quantitative estimate of drug-likeness (QED) is 0.741. The van der Waals surface area contributed by atoms with Crippen molar-refractivity contribution in [2.24, 2.45) is 0 Å². The third kappa shape index (κ3) is 3.91. The van der Waals surface area contributed by atoms with E-state index in [-0.39, 0.29) is 12.5 Å². The maximum Gasteiger partial charge on any atom is 0.241 e. The van der Waals surface area contributed by atoms with Crippen LogP contribution in [-0.2, 0) is 11.3 Å². The molecule has 136 valence electrons. The summed E-state index contributed by atoms with van der Waals surface area (Å²) in [4.78, 5) is 18.7. The lowest BCUT2D eigenvalue weighted by Gasteiger charge is -2.10. The minimum atomic E-state index is -0.0565. The average molecular weight is 351 g/mol. The lowest BCUT2D eigenvalue weighted by atomic mass is 10.0. The standard InChI is InChI=1S/C20H25N5O/c1-14-6-5-7-16(12-14)17-8-9-22-20-19(17)15(2)23-25(20)13-18(26)21-10-11-24(3)4/h5-9,12H,10-11,13H2,1-4H3,(H,21,26). The van der Waals surface area contributed by atoms with Crippen LogP contribution < -0.4 is 5.32 Å². The van der Waals surface area contributed by atoms with Gasteiger partial charge in [-0.05, 0) is 45.1 Å². The van der Waals surface area contributed by atoms with Gasteiger partial charge in [0.15, 0.2) is 5.65 Å². The predicted molar refractivity (Wildman–Crippen MR) is 104 cm³/mol. The Morgan fingerprint density at radius 3 is 2.77 bits per heavy atom. The molecule has 26 heavy (non-hydrogen) atoms. The molecule has 0 saturated carbocycles. The Labute approximate surface area is 153 Å². The van der Waals surface area contributed by atoms with Gasteiger partial charge in [0.25, 0.3) is 0 Å². The van der Waals surface area contributed by atoms with Crippen LogP contribution in [0.1, 0.15) is 11.3 Å². The van der Waals surface area contributed by atoms with Crippen LogP contribution in [-0.4, -0.2) is 52.8 Å². The summed E-state index contributed by atoms with van der Waals surface area (Å²) in [5, 5.41) is 8.48. The molecule has 0 spiro atoms. The van der Waals surface area contributed by atoms with Gasteiger partial charge < -0.3 is 10.2 Å². The van der Waals surface area contributed by atoms with Gasteiger partial charge >= 0.3 is 0 Å². The number of hydrogen-bond donors (Lipinski definition) is 1. The number of pyridine rings is 1. The molecule has 0 radical (unpaired) electrons. The largest absolute Gasteiger partial charge is 0.353 e. The maximum absolute atomic E-state index is 12.2. The van der Waals surface area contributed by atoms with Gasteiger partial charge in [-0.1, -0.05) is 29.8 Å². The van der Waals surface area contributed by atoms with Crippen molar-refractivity contribution in [3.8, 4) is 11.1 Å². The van der Waals surface area contributed by atoms with Gasteiger partial charge in [-0.3, -0.25) is 4.79 Å². The lowest BCUT2D eigenvalue weighted by molar-refractivity contribution is -0.121. The van der Waals surface area contributed by atoms with Crippen molar-refractivity contribution in [3.63, 3.8) is 0 Å². The first-order valence-electron chi connectivity index (χ1n) is 8.76. The first kappa shape index (κ1) is 18.1. The average Bonchev–Trinajstić information content (AvgIpc) is 2.90. The molecule has 0 fully saturated rings. The number of amides is 1. The molecule has 0 saturated heterocycles. The van der Waals surface area contributed by atoms with Crippen molar-refractivity contribution < 1.29 is 4.79 Å².